The van der Waals surface area contributed by atoms with E-state index in [1.54, 1.807) is 24.3 Å². The molecular weight excluding hydrogens is 378 g/mol. The molecule has 2 N–H and O–H groups in total. The summed E-state index contributed by atoms with van der Waals surface area (Å²) in [6, 6.07) is 14.2. The van der Waals surface area contributed by atoms with Gasteiger partial charge in [-0.3, -0.25) is 4.79 Å². The van der Waals surface area contributed by atoms with Crippen molar-refractivity contribution in [3.63, 3.8) is 0 Å². The van der Waals surface area contributed by atoms with Crippen LogP contribution >= 0.6 is 46.4 Å². The summed E-state index contributed by atoms with van der Waals surface area (Å²) in [5, 5.41) is 5.98. The fraction of sp³-hybridized carbons (Fsp3) is 0.188. The summed E-state index contributed by atoms with van der Waals surface area (Å²) in [4.78, 5) is 12.4. The molecule has 0 radical (unpaired) electrons. The molecule has 0 aliphatic carbocycles. The summed E-state index contributed by atoms with van der Waals surface area (Å²) in [5.41, 5.74) is 2.07. The van der Waals surface area contributed by atoms with Crippen LogP contribution in [0.15, 0.2) is 48.5 Å². The van der Waals surface area contributed by atoms with Gasteiger partial charge in [0.15, 0.2) is 0 Å². The fourth-order valence-electron chi connectivity index (χ4n) is 1.96. The average Bonchev–Trinajstić information content (AvgIpc) is 2.46. The van der Waals surface area contributed by atoms with Crippen LogP contribution in [0.2, 0.25) is 5.02 Å². The first-order valence-electron chi connectivity index (χ1n) is 6.72. The van der Waals surface area contributed by atoms with Gasteiger partial charge in [-0.2, -0.15) is 0 Å². The molecule has 1 atom stereocenters. The van der Waals surface area contributed by atoms with Crippen molar-refractivity contribution in [2.75, 3.05) is 5.32 Å². The zero-order valence-corrected chi connectivity index (χ0v) is 15.1. The van der Waals surface area contributed by atoms with Crippen LogP contribution in [-0.4, -0.2) is 15.9 Å². The molecule has 0 saturated heterocycles. The summed E-state index contributed by atoms with van der Waals surface area (Å²) in [6.07, 6.45) is -0.932. The molecule has 2 aromatic carbocycles. The number of aryl methyl sites for hydroxylation is 1. The average molecular weight is 392 g/mol. The van der Waals surface area contributed by atoms with Crippen LogP contribution in [0.4, 0.5) is 5.69 Å². The third-order valence-corrected chi connectivity index (χ3v) is 4.03. The Morgan fingerprint density at radius 1 is 1.09 bits per heavy atom. The Bertz CT molecular complexity index is 700. The van der Waals surface area contributed by atoms with E-state index >= 15 is 0 Å². The maximum Gasteiger partial charge on any atom is 0.254 e. The number of halogens is 4. The topological polar surface area (TPSA) is 41.1 Å². The first-order chi connectivity index (χ1) is 10.8. The molecule has 0 saturated carbocycles. The van der Waals surface area contributed by atoms with E-state index in [4.69, 9.17) is 46.4 Å². The van der Waals surface area contributed by atoms with Crippen molar-refractivity contribution >= 4 is 58.0 Å². The van der Waals surface area contributed by atoms with Crippen LogP contribution in [0, 0.1) is 6.92 Å². The van der Waals surface area contributed by atoms with Gasteiger partial charge < -0.3 is 10.6 Å². The number of anilines is 1. The molecule has 1 amide bonds. The number of alkyl halides is 3. The van der Waals surface area contributed by atoms with Crippen molar-refractivity contribution in [3.05, 3.63) is 64.7 Å². The van der Waals surface area contributed by atoms with Gasteiger partial charge in [0.2, 0.25) is 3.79 Å². The number of hydrogen-bond acceptors (Lipinski definition) is 2. The van der Waals surface area contributed by atoms with Crippen LogP contribution < -0.4 is 10.6 Å². The lowest BCUT2D eigenvalue weighted by Crippen LogP contribution is -2.49. The maximum atomic E-state index is 12.4. The normalized spacial score (nSPS) is 12.6. The molecule has 3 nitrogen and oxygen atoms in total. The Morgan fingerprint density at radius 2 is 1.78 bits per heavy atom. The van der Waals surface area contributed by atoms with Crippen molar-refractivity contribution in [2.45, 2.75) is 16.9 Å². The van der Waals surface area contributed by atoms with Crippen LogP contribution in [0.5, 0.6) is 0 Å². The number of hydrogen-bond donors (Lipinski definition) is 2. The molecule has 0 fully saturated rings. The van der Waals surface area contributed by atoms with Crippen molar-refractivity contribution in [1.29, 1.82) is 0 Å². The minimum absolute atomic E-state index is 0.305. The molecular formula is C16H14Cl4N2O. The fourth-order valence-corrected chi connectivity index (χ4v) is 2.50. The number of nitrogens with one attached hydrogen (secondary N) is 2. The largest absolute Gasteiger partial charge is 0.362 e. The molecule has 0 spiro atoms. The number of carbonyl (C=O) groups is 1. The van der Waals surface area contributed by atoms with Gasteiger partial charge in [-0.1, -0.05) is 70.7 Å². The molecule has 122 valence electrons. The van der Waals surface area contributed by atoms with E-state index in [2.05, 4.69) is 10.6 Å². The van der Waals surface area contributed by atoms with E-state index in [1.165, 1.54) is 0 Å². The van der Waals surface area contributed by atoms with Gasteiger partial charge in [0.05, 0.1) is 10.6 Å². The second kappa shape index (κ2) is 7.63. The Hall–Kier alpha value is -1.13. The predicted octanol–water partition coefficient (Wildman–Crippen LogP) is 5.19. The number of benzene rings is 2. The lowest BCUT2D eigenvalue weighted by atomic mass is 10.2. The quantitative estimate of drug-likeness (QED) is 0.556. The SMILES string of the molecule is Cc1cccc(N[C@H](NC(=O)c2ccccc2Cl)C(Cl)(Cl)Cl)c1. The highest BCUT2D eigenvalue weighted by atomic mass is 35.6. The molecule has 2 rings (SSSR count). The van der Waals surface area contributed by atoms with Crippen LogP contribution in [0.25, 0.3) is 0 Å². The minimum atomic E-state index is -1.75. The van der Waals surface area contributed by atoms with Gasteiger partial charge in [0.25, 0.3) is 5.91 Å². The van der Waals surface area contributed by atoms with Crippen LogP contribution in [0.3, 0.4) is 0 Å². The van der Waals surface area contributed by atoms with Gasteiger partial charge in [-0.05, 0) is 36.8 Å². The van der Waals surface area contributed by atoms with Gasteiger partial charge in [-0.15, -0.1) is 0 Å². The zero-order valence-electron chi connectivity index (χ0n) is 12.1. The standard InChI is InChI=1S/C16H14Cl4N2O/c1-10-5-4-6-11(9-10)21-15(16(18,19)20)22-14(23)12-7-2-3-8-13(12)17/h2-9,15,21H,1H3,(H,22,23)/t15-/m1/s1. The van der Waals surface area contributed by atoms with E-state index in [1.807, 2.05) is 31.2 Å². The van der Waals surface area contributed by atoms with Crippen molar-refractivity contribution in [1.82, 2.24) is 5.32 Å². The molecule has 0 bridgehead atoms. The molecule has 0 aromatic heterocycles. The lowest BCUT2D eigenvalue weighted by molar-refractivity contribution is 0.0942. The Balaban J connectivity index is 2.20. The highest BCUT2D eigenvalue weighted by molar-refractivity contribution is 6.68. The molecule has 0 heterocycles. The molecule has 0 unspecified atom stereocenters. The summed E-state index contributed by atoms with van der Waals surface area (Å²) < 4.78 is -1.75. The Labute approximate surface area is 154 Å². The highest BCUT2D eigenvalue weighted by Gasteiger charge is 2.34. The summed E-state index contributed by atoms with van der Waals surface area (Å²) in [7, 11) is 0. The zero-order chi connectivity index (χ0) is 17.0. The van der Waals surface area contributed by atoms with E-state index in [9.17, 15) is 4.79 Å². The van der Waals surface area contributed by atoms with Crippen LogP contribution in [0.1, 0.15) is 15.9 Å². The van der Waals surface area contributed by atoms with Gasteiger partial charge in [0, 0.05) is 5.69 Å². The Morgan fingerprint density at radius 3 is 2.39 bits per heavy atom. The molecule has 0 aliphatic rings. The number of rotatable bonds is 4. The van der Waals surface area contributed by atoms with Crippen molar-refractivity contribution < 1.29 is 4.79 Å². The molecule has 2 aromatic rings. The monoisotopic (exact) mass is 390 g/mol. The predicted molar refractivity (Wildman–Crippen MR) is 97.8 cm³/mol. The first kappa shape index (κ1) is 18.2. The highest BCUT2D eigenvalue weighted by Crippen LogP contribution is 2.31. The van der Waals surface area contributed by atoms with Crippen LogP contribution in [-0.2, 0) is 0 Å². The maximum absolute atomic E-state index is 12.4. The Kier molecular flexibility index (Phi) is 6.04. The van der Waals surface area contributed by atoms with Crippen molar-refractivity contribution in [2.24, 2.45) is 0 Å². The number of carbonyl (C=O) groups excluding carboxylic acids is 1. The summed E-state index contributed by atoms with van der Waals surface area (Å²) >= 11 is 24.0. The van der Waals surface area contributed by atoms with Gasteiger partial charge in [-0.25, -0.2) is 0 Å². The lowest BCUT2D eigenvalue weighted by Gasteiger charge is -2.27. The summed E-state index contributed by atoms with van der Waals surface area (Å²) in [6.45, 7) is 1.94. The van der Waals surface area contributed by atoms with E-state index in [0.717, 1.165) is 11.3 Å². The van der Waals surface area contributed by atoms with E-state index in [-0.39, 0.29) is 0 Å². The van der Waals surface area contributed by atoms with Crippen molar-refractivity contribution in [3.8, 4) is 0 Å². The van der Waals surface area contributed by atoms with Gasteiger partial charge >= 0.3 is 0 Å². The minimum Gasteiger partial charge on any atom is -0.362 e. The third kappa shape index (κ3) is 5.18. The first-order valence-corrected chi connectivity index (χ1v) is 8.24. The number of amides is 1. The van der Waals surface area contributed by atoms with Gasteiger partial charge in [0.1, 0.15) is 6.17 Å². The second-order valence-corrected chi connectivity index (χ2v) is 7.72. The summed E-state index contributed by atoms with van der Waals surface area (Å²) in [5.74, 6) is -0.438. The molecule has 0 aliphatic heterocycles. The molecule has 7 heteroatoms. The van der Waals surface area contributed by atoms with E-state index < -0.39 is 15.9 Å². The third-order valence-electron chi connectivity index (χ3n) is 3.05. The molecule has 23 heavy (non-hydrogen) atoms. The smallest absolute Gasteiger partial charge is 0.254 e. The van der Waals surface area contributed by atoms with E-state index in [0.29, 0.717) is 10.6 Å². The second-order valence-electron chi connectivity index (χ2n) is 4.94.